The third-order valence-corrected chi connectivity index (χ3v) is 4.47. The topological polar surface area (TPSA) is 46.2 Å². The van der Waals surface area contributed by atoms with E-state index in [0.29, 0.717) is 11.1 Å². The van der Waals surface area contributed by atoms with Crippen LogP contribution >= 0.6 is 11.6 Å². The van der Waals surface area contributed by atoms with Gasteiger partial charge in [0, 0.05) is 16.8 Å². The molecular formula is C19H12ClNO2. The Morgan fingerprint density at radius 3 is 2.48 bits per heavy atom. The maximum Gasteiger partial charge on any atom is 0.211 e. The molecule has 0 amide bonds. The highest BCUT2D eigenvalue weighted by Crippen LogP contribution is 2.30. The summed E-state index contributed by atoms with van der Waals surface area (Å²) >= 11 is 6.16. The first-order chi connectivity index (χ1) is 11.1. The first kappa shape index (κ1) is 14.0. The van der Waals surface area contributed by atoms with Crippen molar-refractivity contribution >= 4 is 34.9 Å². The number of benzene rings is 2. The fourth-order valence-corrected chi connectivity index (χ4v) is 3.16. The van der Waals surface area contributed by atoms with E-state index >= 15 is 0 Å². The maximum absolute atomic E-state index is 12.6. The van der Waals surface area contributed by atoms with Crippen molar-refractivity contribution in [3.63, 3.8) is 0 Å². The minimum absolute atomic E-state index is 0.0651. The van der Waals surface area contributed by atoms with Crippen LogP contribution in [0.5, 0.6) is 0 Å². The summed E-state index contributed by atoms with van der Waals surface area (Å²) < 4.78 is 0. The average Bonchev–Trinajstić information content (AvgIpc) is 3.04. The molecule has 0 fully saturated rings. The van der Waals surface area contributed by atoms with Crippen LogP contribution in [-0.4, -0.2) is 11.6 Å². The number of hydrogen-bond donors (Lipinski definition) is 1. The molecule has 0 bridgehead atoms. The van der Waals surface area contributed by atoms with Crippen molar-refractivity contribution in [1.29, 1.82) is 0 Å². The number of halogens is 1. The Labute approximate surface area is 138 Å². The van der Waals surface area contributed by atoms with Crippen molar-refractivity contribution in [2.75, 3.05) is 5.32 Å². The van der Waals surface area contributed by atoms with E-state index in [9.17, 15) is 9.59 Å². The molecule has 0 heterocycles. The number of carbonyl (C=O) groups is 2. The van der Waals surface area contributed by atoms with E-state index in [0.717, 1.165) is 17.7 Å². The van der Waals surface area contributed by atoms with Crippen LogP contribution < -0.4 is 5.32 Å². The molecule has 0 aliphatic heterocycles. The number of anilines is 1. The second kappa shape index (κ2) is 5.21. The van der Waals surface area contributed by atoms with E-state index in [1.54, 1.807) is 24.3 Å². The standard InChI is InChI=1S/C19H12ClNO2/c20-16-17(19(23)15-7-2-1-6-14(15)18(16)22)21-13-9-8-11-4-3-5-12(11)10-13/h1-3,5-10,21H,4H2. The largest absolute Gasteiger partial charge is 0.351 e. The zero-order valence-corrected chi connectivity index (χ0v) is 12.9. The summed E-state index contributed by atoms with van der Waals surface area (Å²) in [5, 5.41) is 2.96. The lowest BCUT2D eigenvalue weighted by atomic mass is 9.92. The van der Waals surface area contributed by atoms with Crippen LogP contribution in [0.15, 0.2) is 59.3 Å². The first-order valence-electron chi connectivity index (χ1n) is 7.30. The lowest BCUT2D eigenvalue weighted by Gasteiger charge is -2.19. The van der Waals surface area contributed by atoms with E-state index in [4.69, 9.17) is 11.6 Å². The molecule has 1 N–H and O–H groups in total. The Morgan fingerprint density at radius 1 is 0.957 bits per heavy atom. The van der Waals surface area contributed by atoms with Gasteiger partial charge in [-0.05, 0) is 29.7 Å². The van der Waals surface area contributed by atoms with Crippen molar-refractivity contribution in [3.05, 3.63) is 81.5 Å². The first-order valence-corrected chi connectivity index (χ1v) is 7.67. The maximum atomic E-state index is 12.6. The zero-order chi connectivity index (χ0) is 16.0. The Morgan fingerprint density at radius 2 is 1.70 bits per heavy atom. The van der Waals surface area contributed by atoms with Crippen LogP contribution in [0.4, 0.5) is 5.69 Å². The fourth-order valence-electron chi connectivity index (χ4n) is 2.93. The summed E-state index contributed by atoms with van der Waals surface area (Å²) in [5.74, 6) is -0.591. The van der Waals surface area contributed by atoms with Crippen LogP contribution in [0.25, 0.3) is 6.08 Å². The molecule has 0 aromatic heterocycles. The van der Waals surface area contributed by atoms with Gasteiger partial charge in [-0.15, -0.1) is 0 Å². The van der Waals surface area contributed by atoms with Gasteiger partial charge in [-0.3, -0.25) is 9.59 Å². The molecule has 0 saturated carbocycles. The predicted molar refractivity (Wildman–Crippen MR) is 90.8 cm³/mol. The van der Waals surface area contributed by atoms with Crippen molar-refractivity contribution in [2.45, 2.75) is 6.42 Å². The van der Waals surface area contributed by atoms with Gasteiger partial charge in [0.1, 0.15) is 10.7 Å². The average molecular weight is 322 g/mol. The van der Waals surface area contributed by atoms with E-state index in [-0.39, 0.29) is 22.3 Å². The monoisotopic (exact) mass is 321 g/mol. The summed E-state index contributed by atoms with van der Waals surface area (Å²) in [7, 11) is 0. The molecule has 2 aliphatic rings. The molecule has 112 valence electrons. The summed E-state index contributed by atoms with van der Waals surface area (Å²) in [4.78, 5) is 25.0. The third-order valence-electron chi connectivity index (χ3n) is 4.11. The molecular weight excluding hydrogens is 310 g/mol. The molecule has 0 spiro atoms. The van der Waals surface area contributed by atoms with E-state index in [1.807, 2.05) is 24.3 Å². The van der Waals surface area contributed by atoms with Gasteiger partial charge in [0.25, 0.3) is 0 Å². The molecule has 23 heavy (non-hydrogen) atoms. The number of carbonyl (C=O) groups excluding carboxylic acids is 2. The molecule has 2 aromatic rings. The molecule has 2 aliphatic carbocycles. The molecule has 0 radical (unpaired) electrons. The highest BCUT2D eigenvalue weighted by molar-refractivity contribution is 6.50. The van der Waals surface area contributed by atoms with Gasteiger partial charge in [0.05, 0.1) is 0 Å². The number of nitrogens with one attached hydrogen (secondary N) is 1. The zero-order valence-electron chi connectivity index (χ0n) is 12.1. The second-order valence-corrected chi connectivity index (χ2v) is 5.92. The molecule has 4 rings (SSSR count). The van der Waals surface area contributed by atoms with Gasteiger partial charge in [-0.1, -0.05) is 54.1 Å². The Balaban J connectivity index is 1.74. The number of rotatable bonds is 2. The highest BCUT2D eigenvalue weighted by Gasteiger charge is 2.31. The molecule has 0 unspecified atom stereocenters. The lowest BCUT2D eigenvalue weighted by Crippen LogP contribution is -2.24. The molecule has 2 aromatic carbocycles. The van der Waals surface area contributed by atoms with E-state index in [2.05, 4.69) is 11.4 Å². The normalized spacial score (nSPS) is 15.7. The summed E-state index contributed by atoms with van der Waals surface area (Å²) in [6.45, 7) is 0. The van der Waals surface area contributed by atoms with Gasteiger partial charge in [0.15, 0.2) is 0 Å². The van der Waals surface area contributed by atoms with Gasteiger partial charge in [-0.25, -0.2) is 0 Å². The van der Waals surface area contributed by atoms with Crippen LogP contribution in [0, 0.1) is 0 Å². The summed E-state index contributed by atoms with van der Waals surface area (Å²) in [5.41, 5.74) is 3.96. The molecule has 0 saturated heterocycles. The van der Waals surface area contributed by atoms with Crippen molar-refractivity contribution in [1.82, 2.24) is 0 Å². The number of Topliss-reactive ketones (excluding diaryl/α,β-unsaturated/α-hetero) is 2. The second-order valence-electron chi connectivity index (χ2n) is 5.54. The fraction of sp³-hybridized carbons (Fsp3) is 0.0526. The number of fused-ring (bicyclic) bond motifs is 2. The quantitative estimate of drug-likeness (QED) is 0.901. The number of ketones is 2. The minimum atomic E-state index is -0.328. The van der Waals surface area contributed by atoms with Crippen molar-refractivity contribution in [2.24, 2.45) is 0 Å². The number of allylic oxidation sites excluding steroid dienone is 3. The Bertz CT molecular complexity index is 925. The smallest absolute Gasteiger partial charge is 0.211 e. The predicted octanol–water partition coefficient (Wildman–Crippen LogP) is 4.20. The van der Waals surface area contributed by atoms with Gasteiger partial charge >= 0.3 is 0 Å². The van der Waals surface area contributed by atoms with Crippen LogP contribution in [-0.2, 0) is 6.42 Å². The Kier molecular flexibility index (Phi) is 3.17. The highest BCUT2D eigenvalue weighted by atomic mass is 35.5. The van der Waals surface area contributed by atoms with E-state index < -0.39 is 0 Å². The van der Waals surface area contributed by atoms with Gasteiger partial charge < -0.3 is 5.32 Å². The van der Waals surface area contributed by atoms with E-state index in [1.165, 1.54) is 5.56 Å². The molecule has 3 nitrogen and oxygen atoms in total. The minimum Gasteiger partial charge on any atom is -0.351 e. The van der Waals surface area contributed by atoms with Crippen LogP contribution in [0.3, 0.4) is 0 Å². The van der Waals surface area contributed by atoms with Crippen LogP contribution in [0.1, 0.15) is 31.8 Å². The summed E-state index contributed by atoms with van der Waals surface area (Å²) in [6.07, 6.45) is 5.05. The van der Waals surface area contributed by atoms with Crippen LogP contribution in [0.2, 0.25) is 0 Å². The summed E-state index contributed by atoms with van der Waals surface area (Å²) in [6, 6.07) is 12.6. The van der Waals surface area contributed by atoms with Gasteiger partial charge in [-0.2, -0.15) is 0 Å². The van der Waals surface area contributed by atoms with Gasteiger partial charge in [0.2, 0.25) is 11.6 Å². The lowest BCUT2D eigenvalue weighted by molar-refractivity contribution is 0.0982. The number of hydrogen-bond acceptors (Lipinski definition) is 3. The molecule has 0 atom stereocenters. The molecule has 4 heteroatoms. The van der Waals surface area contributed by atoms with Crippen molar-refractivity contribution in [3.8, 4) is 0 Å². The third kappa shape index (κ3) is 2.21. The Hall–Kier alpha value is -2.65. The SMILES string of the molecule is O=C1C(Cl)=C(Nc2ccc3c(c2)C=CC3)C(=O)c2ccccc21. The van der Waals surface area contributed by atoms with Crippen molar-refractivity contribution < 1.29 is 9.59 Å².